The Labute approximate surface area is 341 Å². The van der Waals surface area contributed by atoms with E-state index >= 15 is 0 Å². The predicted octanol–water partition coefficient (Wildman–Crippen LogP) is 7.45. The zero-order valence-electron chi connectivity index (χ0n) is 33.9. The number of aliphatic hydroxyl groups is 3. The molecule has 314 valence electrons. The summed E-state index contributed by atoms with van der Waals surface area (Å²) in [4.78, 5) is 26.7. The number of aromatic hydroxyl groups is 2. The van der Waals surface area contributed by atoms with Crippen molar-refractivity contribution in [2.75, 3.05) is 13.7 Å². The van der Waals surface area contributed by atoms with Crippen LogP contribution >= 0.6 is 23.2 Å². The van der Waals surface area contributed by atoms with E-state index in [0.29, 0.717) is 25.7 Å². The van der Waals surface area contributed by atoms with Crippen LogP contribution in [0.1, 0.15) is 97.0 Å². The highest BCUT2D eigenvalue weighted by Gasteiger charge is 2.47. The fraction of sp³-hybridized carbons (Fsp3) is 0.571. The number of benzene rings is 1. The molecule has 0 aromatic heterocycles. The Balaban J connectivity index is 2.13. The van der Waals surface area contributed by atoms with Gasteiger partial charge in [0.2, 0.25) is 0 Å². The first-order valence-electron chi connectivity index (χ1n) is 18.9. The number of aliphatic hydroxyl groups excluding tert-OH is 3. The van der Waals surface area contributed by atoms with Gasteiger partial charge >= 0.3 is 11.9 Å². The number of methoxy groups -OCH3 is 1. The van der Waals surface area contributed by atoms with Crippen LogP contribution in [0.4, 0.5) is 0 Å². The van der Waals surface area contributed by atoms with Crippen molar-refractivity contribution in [2.24, 2.45) is 5.92 Å². The van der Waals surface area contributed by atoms with Crippen LogP contribution < -0.4 is 0 Å². The molecule has 14 heteroatoms. The molecule has 1 aromatic carbocycles. The van der Waals surface area contributed by atoms with E-state index in [-0.39, 0.29) is 40.7 Å². The molecule has 0 aliphatic carbocycles. The summed E-state index contributed by atoms with van der Waals surface area (Å²) < 4.78 is 28.8. The van der Waals surface area contributed by atoms with Gasteiger partial charge in [0.1, 0.15) is 28.9 Å². The standard InChI is InChI=1S/C42H60Cl2O12/c1-11-16-27(40(50)55-28(13-3)18-17-22(6)19-24(8)34(46)26(12-2)20-23(7)30(45)15-5)21-53-42-39(52-10)37(49)38(25(9)54-42)56-41(51)31-29(14-4)32(43)36(48)33(44)35(31)47/h11,16-17,19-20,25-26,28,30,34,37-39,42,45-49H,1,12-15,18,21H2,2-10H3/b22-17+,23-20+,24-19+,27-16+/t25-,26+,28-,30+,34+,37+,38-,39+,42-/m1/s1. The van der Waals surface area contributed by atoms with E-state index in [1.54, 1.807) is 6.92 Å². The van der Waals surface area contributed by atoms with Crippen molar-refractivity contribution in [1.29, 1.82) is 0 Å². The monoisotopic (exact) mass is 826 g/mol. The Bertz CT molecular complexity index is 1630. The fourth-order valence-electron chi connectivity index (χ4n) is 6.37. The largest absolute Gasteiger partial charge is 0.505 e. The summed E-state index contributed by atoms with van der Waals surface area (Å²) in [6, 6.07) is 0. The normalized spacial score (nSPS) is 23.3. The lowest BCUT2D eigenvalue weighted by molar-refractivity contribution is -0.295. The minimum atomic E-state index is -1.48. The average Bonchev–Trinajstić information content (AvgIpc) is 3.17. The van der Waals surface area contributed by atoms with Crippen LogP contribution in [0.5, 0.6) is 11.5 Å². The third-order valence-electron chi connectivity index (χ3n) is 9.86. The van der Waals surface area contributed by atoms with Crippen molar-refractivity contribution in [1.82, 2.24) is 0 Å². The van der Waals surface area contributed by atoms with Crippen LogP contribution in [0.3, 0.4) is 0 Å². The second kappa shape index (κ2) is 23.3. The maximum atomic E-state index is 13.3. The number of hydrogen-bond acceptors (Lipinski definition) is 12. The van der Waals surface area contributed by atoms with Crippen LogP contribution in [0.2, 0.25) is 10.0 Å². The van der Waals surface area contributed by atoms with Crippen LogP contribution in [-0.2, 0) is 34.9 Å². The first-order valence-corrected chi connectivity index (χ1v) is 19.7. The molecule has 0 unspecified atom stereocenters. The number of carbonyl (C=O) groups excluding carboxylic acids is 2. The van der Waals surface area contributed by atoms with Crippen molar-refractivity contribution < 1.29 is 58.8 Å². The maximum absolute atomic E-state index is 13.3. The number of ether oxygens (including phenoxy) is 5. The van der Waals surface area contributed by atoms with Crippen molar-refractivity contribution in [2.45, 2.75) is 137 Å². The Morgan fingerprint density at radius 2 is 1.62 bits per heavy atom. The van der Waals surface area contributed by atoms with Gasteiger partial charge < -0.3 is 49.2 Å². The lowest BCUT2D eigenvalue weighted by atomic mass is 9.90. The molecule has 0 saturated carbocycles. The summed E-state index contributed by atoms with van der Waals surface area (Å²) in [5.74, 6) is -3.15. The first kappa shape index (κ1) is 48.9. The van der Waals surface area contributed by atoms with Crippen molar-refractivity contribution >= 4 is 35.1 Å². The second-order valence-corrected chi connectivity index (χ2v) is 14.7. The molecule has 5 N–H and O–H groups in total. The molecule has 1 heterocycles. The average molecular weight is 828 g/mol. The van der Waals surface area contributed by atoms with Gasteiger partial charge in [0.25, 0.3) is 0 Å². The Kier molecular flexibility index (Phi) is 20.3. The number of carbonyl (C=O) groups is 2. The number of allylic oxidation sites excluding steroid dienone is 4. The molecule has 0 radical (unpaired) electrons. The highest BCUT2D eigenvalue weighted by Crippen LogP contribution is 2.45. The van der Waals surface area contributed by atoms with Crippen molar-refractivity contribution in [3.05, 3.63) is 80.4 Å². The molecule has 56 heavy (non-hydrogen) atoms. The molecular formula is C42H60Cl2O12. The number of rotatable bonds is 20. The number of phenols is 2. The smallest absolute Gasteiger partial charge is 0.342 e. The van der Waals surface area contributed by atoms with Gasteiger partial charge in [-0.25, -0.2) is 9.59 Å². The molecule has 1 aliphatic heterocycles. The first-order chi connectivity index (χ1) is 26.4. The van der Waals surface area contributed by atoms with Gasteiger partial charge in [-0.15, -0.1) is 0 Å². The van der Waals surface area contributed by atoms with Gasteiger partial charge in [-0.3, -0.25) is 0 Å². The lowest BCUT2D eigenvalue weighted by Crippen LogP contribution is -2.59. The van der Waals surface area contributed by atoms with E-state index in [4.69, 9.17) is 46.9 Å². The summed E-state index contributed by atoms with van der Waals surface area (Å²) in [7, 11) is 1.30. The summed E-state index contributed by atoms with van der Waals surface area (Å²) >= 11 is 12.2. The molecule has 0 bridgehead atoms. The van der Waals surface area contributed by atoms with Crippen LogP contribution in [0, 0.1) is 5.92 Å². The van der Waals surface area contributed by atoms with Crippen LogP contribution in [0.15, 0.2) is 59.3 Å². The predicted molar refractivity (Wildman–Crippen MR) is 216 cm³/mol. The van der Waals surface area contributed by atoms with E-state index in [0.717, 1.165) is 16.7 Å². The van der Waals surface area contributed by atoms with E-state index in [2.05, 4.69) is 6.58 Å². The molecule has 1 aliphatic rings. The summed E-state index contributed by atoms with van der Waals surface area (Å²) in [5, 5.41) is 52.4. The minimum absolute atomic E-state index is 0.0976. The maximum Gasteiger partial charge on any atom is 0.342 e. The lowest BCUT2D eigenvalue weighted by Gasteiger charge is -2.42. The molecule has 12 nitrogen and oxygen atoms in total. The molecule has 0 spiro atoms. The van der Waals surface area contributed by atoms with Crippen molar-refractivity contribution in [3.63, 3.8) is 0 Å². The summed E-state index contributed by atoms with van der Waals surface area (Å²) in [5.41, 5.74) is 2.36. The molecule has 1 aromatic rings. The number of phenolic OH excluding ortho intramolecular Hbond substituents is 2. The third-order valence-corrected chi connectivity index (χ3v) is 10.6. The van der Waals surface area contributed by atoms with Gasteiger partial charge in [0.15, 0.2) is 23.9 Å². The minimum Gasteiger partial charge on any atom is -0.505 e. The molecule has 2 rings (SSSR count). The van der Waals surface area contributed by atoms with E-state index in [1.807, 2.05) is 59.8 Å². The van der Waals surface area contributed by atoms with Crippen LogP contribution in [0.25, 0.3) is 0 Å². The van der Waals surface area contributed by atoms with Crippen molar-refractivity contribution in [3.8, 4) is 11.5 Å². The quantitative estimate of drug-likeness (QED) is 0.0380. The van der Waals surface area contributed by atoms with Gasteiger partial charge in [-0.2, -0.15) is 0 Å². The van der Waals surface area contributed by atoms with E-state index in [1.165, 1.54) is 26.2 Å². The van der Waals surface area contributed by atoms with E-state index in [9.17, 15) is 35.1 Å². The molecule has 1 fully saturated rings. The summed E-state index contributed by atoms with van der Waals surface area (Å²) in [6.07, 6.45) is 3.16. The molecule has 9 atom stereocenters. The molecular weight excluding hydrogens is 767 g/mol. The highest BCUT2D eigenvalue weighted by molar-refractivity contribution is 6.39. The SMILES string of the molecule is C=C/C=C(\CO[C@@H]1O[C@H](C)[C@@H](OC(=O)c2c(O)c(Cl)c(O)c(Cl)c2CC)[C@H](O)[C@@H]1OC)C(=O)O[C@H](CC)C/C=C(C)/C=C(\C)[C@H](O)[C@H](/C=C(\C)[C@@H](O)CC)CC. The summed E-state index contributed by atoms with van der Waals surface area (Å²) in [6.45, 7) is 18.0. The Morgan fingerprint density at radius 1 is 0.964 bits per heavy atom. The number of hydrogen-bond donors (Lipinski definition) is 5. The Morgan fingerprint density at radius 3 is 2.18 bits per heavy atom. The number of halogens is 2. The fourth-order valence-corrected chi connectivity index (χ4v) is 6.93. The topological polar surface area (TPSA) is 181 Å². The Hall–Kier alpha value is -3.20. The van der Waals surface area contributed by atoms with Gasteiger partial charge in [0, 0.05) is 19.4 Å². The zero-order valence-corrected chi connectivity index (χ0v) is 35.4. The second-order valence-electron chi connectivity index (χ2n) is 13.9. The molecule has 1 saturated heterocycles. The van der Waals surface area contributed by atoms with E-state index < -0.39 is 77.5 Å². The third kappa shape index (κ3) is 12.6. The van der Waals surface area contributed by atoms with Crippen LogP contribution in [-0.4, -0.2) is 100 Å². The van der Waals surface area contributed by atoms with Gasteiger partial charge in [-0.1, -0.05) is 93.4 Å². The number of esters is 2. The van der Waals surface area contributed by atoms with Gasteiger partial charge in [0.05, 0.1) is 35.5 Å². The molecule has 0 amide bonds. The van der Waals surface area contributed by atoms with Gasteiger partial charge in [-0.05, 0) is 70.1 Å². The highest BCUT2D eigenvalue weighted by atomic mass is 35.5. The zero-order chi connectivity index (χ0) is 42.4.